The molecule has 9 heteroatoms. The van der Waals surface area contributed by atoms with Crippen molar-refractivity contribution in [1.29, 1.82) is 0 Å². The van der Waals surface area contributed by atoms with E-state index in [-0.39, 0.29) is 16.7 Å². The summed E-state index contributed by atoms with van der Waals surface area (Å²) in [5.41, 5.74) is 22.6. The molecule has 9 heterocycles. The molecule has 3 aliphatic rings. The average molecular weight is 1900 g/mol. The Bertz CT molecular complexity index is 10000. The number of nitrogens with zero attached hydrogens (tertiary/aromatic N) is 4. The first kappa shape index (κ1) is 69.8. The van der Waals surface area contributed by atoms with Crippen LogP contribution >= 0.6 is 11.3 Å². The van der Waals surface area contributed by atoms with Crippen LogP contribution in [0, 0.1) is 41.3 Å². The molecule has 8 nitrogen and oxygen atoms in total. The number of hydrogen-bond donors (Lipinski definition) is 0. The molecule has 25 aromatic rings. The molecule has 28 rings (SSSR count). The van der Waals surface area contributed by atoms with Crippen LogP contribution in [0.2, 0.25) is 0 Å². The summed E-state index contributed by atoms with van der Waals surface area (Å²) < 4.78 is 197. The van der Waals surface area contributed by atoms with Gasteiger partial charge in [-0.3, -0.25) is 0 Å². The lowest BCUT2D eigenvalue weighted by molar-refractivity contribution is 0.419. The number of hydrogen-bond acceptors (Lipinski definition) is 5. The first-order valence-electron chi connectivity index (χ1n) is 57.5. The van der Waals surface area contributed by atoms with Gasteiger partial charge in [0.05, 0.1) is 43.3 Å². The first-order chi connectivity index (χ1) is 77.6. The molecule has 0 N–H and O–H groups in total. The van der Waals surface area contributed by atoms with E-state index in [4.69, 9.17) is 43.3 Å². The number of para-hydroxylation sites is 12. The number of ether oxygens (including phenoxy) is 3. The molecule has 0 fully saturated rings. The summed E-state index contributed by atoms with van der Waals surface area (Å²) in [6.45, 7) is -4.02. The SMILES string of the molecule is [2H]C([2H])([2H])c1c(-c2cccc(-n3c4ccccc4c4c3c3ccccc3n4-c3ccccc3)c2)ccc(C)c1-c1cccc2c1Oc1ccccc1C2(C)C([2H])([2H])[2H].[2H]C([2H])([2H])c1c(-c2cccc(-n3c4ccccc4c4oc5ccccc5c43)c2)ccc(C)c1-c1cccc2c1Oc1ccccc1C2(C)C([2H])([2H])[2H].[2H]C([2H])([2H])c1c(-c2cccc(-n3c4ccccc4c4sc5ccccc5c43)c2)ccc(C)c1-c1cccc2c1Oc1ccccc1C2(C)C([2H])([2H])[2H]. The molecule has 3 unspecified atom stereocenters. The van der Waals surface area contributed by atoms with Gasteiger partial charge in [0.15, 0.2) is 5.58 Å². The van der Waals surface area contributed by atoms with Crippen molar-refractivity contribution in [3.05, 3.63) is 479 Å². The molecule has 144 heavy (non-hydrogen) atoms. The standard InChI is InChI=1S/C49H38N2O.C43H33NO2.C43H33NOS/c1-31-28-29-36(32(2)45(31)39-22-15-24-41-48(39)52-44-27-13-10-23-40(44)49(41,3)4)33-16-14-19-35(30-33)51-43-26-12-9-21-38(43)46-47(51)37-20-8-11-25-42(37)50(46)34-17-6-5-7-18-34;1-26-23-24-30(27(2)39(26)33-17-12-19-35-41(33)46-38-22-10-7-18-34(38)43(35,3)4)28-13-11-14-29(25-28)44-36-20-8-5-15-31(36)42-40(44)32-16-6-9-21-37(32)45-42;1-26-23-24-30(27(2)39(26)33-17-12-19-35-41(33)45-37-21-9-7-18-34(37)43(35,3)4)28-13-11-14-29(25-28)44-36-20-8-5-15-31(36)42-40(44)32-16-6-10-22-38(32)46-42/h5-30H,1-4H3;2*5-25H,1-4H3/i3*2D3,3D3. The summed E-state index contributed by atoms with van der Waals surface area (Å²) in [6.07, 6.45) is 0. The zero-order valence-electron chi connectivity index (χ0n) is 97.6. The predicted molar refractivity (Wildman–Crippen MR) is 601 cm³/mol. The van der Waals surface area contributed by atoms with Crippen LogP contribution in [0.4, 0.5) is 0 Å². The van der Waals surface area contributed by atoms with Gasteiger partial charge in [0.2, 0.25) is 0 Å². The van der Waals surface area contributed by atoms with Crippen molar-refractivity contribution in [3.63, 3.8) is 0 Å². The molecule has 694 valence electrons. The summed E-state index contributed by atoms with van der Waals surface area (Å²) in [6, 6.07) is 134. The van der Waals surface area contributed by atoms with E-state index < -0.39 is 57.4 Å². The third-order valence-electron chi connectivity index (χ3n) is 29.7. The number of benzene rings is 19. The topological polar surface area (TPSA) is 60.5 Å². The molecule has 19 aromatic carbocycles. The van der Waals surface area contributed by atoms with Gasteiger partial charge in [0.1, 0.15) is 45.6 Å². The van der Waals surface area contributed by atoms with Gasteiger partial charge in [-0.1, -0.05) is 339 Å². The van der Waals surface area contributed by atoms with Crippen molar-refractivity contribution < 1.29 is 43.3 Å². The maximum absolute atomic E-state index is 9.06. The number of fused-ring (bicyclic) bond motifs is 21. The lowest BCUT2D eigenvalue weighted by atomic mass is 9.74. The lowest BCUT2D eigenvalue weighted by Crippen LogP contribution is -2.24. The Morgan fingerprint density at radius 2 is 0.583 bits per heavy atom. The molecular formula is C135H104N4O4S. The van der Waals surface area contributed by atoms with Crippen molar-refractivity contribution in [2.24, 2.45) is 0 Å². The van der Waals surface area contributed by atoms with Crippen molar-refractivity contribution in [2.75, 3.05) is 0 Å². The van der Waals surface area contributed by atoms with E-state index in [1.165, 1.54) is 20.2 Å². The minimum Gasteiger partial charge on any atom is -0.456 e. The number of aromatic nitrogens is 4. The summed E-state index contributed by atoms with van der Waals surface area (Å²) in [7, 11) is 0. The summed E-state index contributed by atoms with van der Waals surface area (Å²) in [4.78, 5) is 0. The van der Waals surface area contributed by atoms with Crippen molar-refractivity contribution in [3.8, 4) is 124 Å². The highest BCUT2D eigenvalue weighted by molar-refractivity contribution is 7.26. The van der Waals surface area contributed by atoms with Crippen LogP contribution in [0.3, 0.4) is 0 Å². The Morgan fingerprint density at radius 1 is 0.257 bits per heavy atom. The molecular weight excluding hydrogens is 1770 g/mol. The van der Waals surface area contributed by atoms with Crippen LogP contribution in [0.15, 0.2) is 417 Å². The van der Waals surface area contributed by atoms with Crippen molar-refractivity contribution >= 4 is 108 Å². The molecule has 0 saturated heterocycles. The molecule has 0 bridgehead atoms. The zero-order valence-corrected chi connectivity index (χ0v) is 80.4. The molecule has 3 aliphatic heterocycles. The second-order valence-electron chi connectivity index (χ2n) is 38.4. The van der Waals surface area contributed by atoms with E-state index in [1.807, 2.05) is 209 Å². The Kier molecular flexibility index (Phi) is 16.3. The molecule has 0 radical (unpaired) electrons. The summed E-state index contributed by atoms with van der Waals surface area (Å²) in [5, 5.41) is 6.51. The van der Waals surface area contributed by atoms with Gasteiger partial charge in [-0.25, -0.2) is 0 Å². The van der Waals surface area contributed by atoms with Crippen molar-refractivity contribution in [2.45, 2.75) is 98.9 Å². The van der Waals surface area contributed by atoms with E-state index in [1.54, 1.807) is 105 Å². The van der Waals surface area contributed by atoms with Crippen LogP contribution < -0.4 is 14.2 Å². The molecule has 3 atom stereocenters. The van der Waals surface area contributed by atoms with Gasteiger partial charge >= 0.3 is 0 Å². The smallest absolute Gasteiger partial charge is 0.161 e. The Labute approximate surface area is 867 Å². The lowest BCUT2D eigenvalue weighted by Gasteiger charge is -2.35. The third kappa shape index (κ3) is 13.5. The van der Waals surface area contributed by atoms with Crippen LogP contribution in [-0.2, 0) is 16.2 Å². The largest absolute Gasteiger partial charge is 0.456 e. The van der Waals surface area contributed by atoms with E-state index in [0.717, 1.165) is 133 Å². The van der Waals surface area contributed by atoms with Crippen molar-refractivity contribution in [1.82, 2.24) is 18.3 Å². The van der Waals surface area contributed by atoms with Gasteiger partial charge in [0, 0.05) is 151 Å². The average Bonchev–Trinajstić information content (AvgIpc) is 1.19. The minimum atomic E-state index is -2.55. The monoisotopic (exact) mass is 1890 g/mol. The van der Waals surface area contributed by atoms with Crippen LogP contribution in [0.25, 0.3) is 187 Å². The highest BCUT2D eigenvalue weighted by atomic mass is 32.1. The summed E-state index contributed by atoms with van der Waals surface area (Å²) >= 11 is 1.78. The van der Waals surface area contributed by atoms with Gasteiger partial charge in [0.25, 0.3) is 0 Å². The normalized spacial score (nSPS) is 17.8. The van der Waals surface area contributed by atoms with Crippen LogP contribution in [0.5, 0.6) is 34.5 Å². The first-order valence-corrected chi connectivity index (χ1v) is 49.3. The molecule has 0 saturated carbocycles. The van der Waals surface area contributed by atoms with E-state index in [9.17, 15) is 0 Å². The molecule has 0 spiro atoms. The molecule has 6 aromatic heterocycles. The quantitative estimate of drug-likeness (QED) is 0.137. The Morgan fingerprint density at radius 3 is 1.02 bits per heavy atom. The fourth-order valence-corrected chi connectivity index (χ4v) is 24.1. The fourth-order valence-electron chi connectivity index (χ4n) is 22.9. The van der Waals surface area contributed by atoms with E-state index in [2.05, 4.69) is 170 Å². The van der Waals surface area contributed by atoms with Gasteiger partial charge < -0.3 is 36.9 Å². The van der Waals surface area contributed by atoms with E-state index >= 15 is 0 Å². The molecule has 0 amide bonds. The maximum Gasteiger partial charge on any atom is 0.161 e. The molecule has 0 aliphatic carbocycles. The number of rotatable bonds is 10. The Balaban J connectivity index is 0.000000120. The minimum absolute atomic E-state index is 0.173. The number of thiophene rings is 1. The van der Waals surface area contributed by atoms with Gasteiger partial charge in [-0.15, -0.1) is 11.3 Å². The second-order valence-corrected chi connectivity index (χ2v) is 39.5. The number of aryl methyl sites for hydroxylation is 3. The number of furan rings is 1. The van der Waals surface area contributed by atoms with E-state index in [0.29, 0.717) is 118 Å². The highest BCUT2D eigenvalue weighted by Crippen LogP contribution is 2.58. The Hall–Kier alpha value is -17.0. The summed E-state index contributed by atoms with van der Waals surface area (Å²) in [5.74, 6) is 2.41. The second kappa shape index (κ2) is 33.6. The van der Waals surface area contributed by atoms with Gasteiger partial charge in [-0.2, -0.15) is 0 Å². The van der Waals surface area contributed by atoms with Crippen LogP contribution in [-0.4, -0.2) is 18.3 Å². The van der Waals surface area contributed by atoms with Crippen LogP contribution in [0.1, 0.15) is 133 Å². The van der Waals surface area contributed by atoms with Gasteiger partial charge in [-0.05, 0) is 240 Å². The predicted octanol–water partition coefficient (Wildman–Crippen LogP) is 37.4. The fraction of sp³-hybridized carbons (Fsp3) is 0.111. The zero-order chi connectivity index (χ0) is 112. The third-order valence-corrected chi connectivity index (χ3v) is 30.9. The highest BCUT2D eigenvalue weighted by Gasteiger charge is 2.40. The maximum atomic E-state index is 9.06.